The third kappa shape index (κ3) is 1.75. The van der Waals surface area contributed by atoms with Crippen LogP contribution in [-0.4, -0.2) is 6.08 Å². The Morgan fingerprint density at radius 3 is 2.54 bits per heavy atom. The molecule has 0 aliphatic carbocycles. The lowest BCUT2D eigenvalue weighted by molar-refractivity contribution is 0.563. The van der Waals surface area contributed by atoms with Crippen LogP contribution in [0.1, 0.15) is 5.56 Å². The lowest BCUT2D eigenvalue weighted by Crippen LogP contribution is -1.86. The van der Waals surface area contributed by atoms with Gasteiger partial charge in [-0.05, 0) is 6.07 Å². The van der Waals surface area contributed by atoms with Gasteiger partial charge in [0.2, 0.25) is 6.08 Å². The van der Waals surface area contributed by atoms with Crippen LogP contribution in [0.2, 0.25) is 0 Å². The zero-order chi connectivity index (χ0) is 9.84. The zero-order valence-electron chi connectivity index (χ0n) is 6.21. The summed E-state index contributed by atoms with van der Waals surface area (Å²) in [5, 5.41) is 8.30. The maximum atomic E-state index is 12.8. The predicted octanol–water partition coefficient (Wildman–Crippen LogP) is 1.80. The first-order valence-electron chi connectivity index (χ1n) is 3.16. The van der Waals surface area contributed by atoms with E-state index >= 15 is 0 Å². The number of hydrogen-bond acceptors (Lipinski definition) is 3. The van der Waals surface area contributed by atoms with E-state index in [1.54, 1.807) is 0 Å². The fourth-order valence-electron chi connectivity index (χ4n) is 0.757. The third-order valence-corrected chi connectivity index (χ3v) is 1.32. The Labute approximate surface area is 71.9 Å². The molecule has 1 aromatic carbocycles. The number of halogens is 2. The summed E-state index contributed by atoms with van der Waals surface area (Å²) < 4.78 is 25.6. The van der Waals surface area contributed by atoms with E-state index in [-0.39, 0.29) is 0 Å². The largest absolute Gasteiger partial charge is 0.240 e. The first-order chi connectivity index (χ1) is 6.19. The molecule has 64 valence electrons. The van der Waals surface area contributed by atoms with Gasteiger partial charge in [0.25, 0.3) is 0 Å². The molecule has 0 radical (unpaired) electrons. The minimum absolute atomic E-state index is 0.428. The van der Waals surface area contributed by atoms with E-state index in [4.69, 9.17) is 5.26 Å². The van der Waals surface area contributed by atoms with Gasteiger partial charge in [-0.25, -0.2) is 13.6 Å². The van der Waals surface area contributed by atoms with Gasteiger partial charge in [-0.1, -0.05) is 0 Å². The van der Waals surface area contributed by atoms with E-state index in [2.05, 4.69) is 4.99 Å². The average molecular weight is 180 g/mol. The van der Waals surface area contributed by atoms with Crippen molar-refractivity contribution in [3.63, 3.8) is 0 Å². The molecule has 5 heteroatoms. The van der Waals surface area contributed by atoms with Gasteiger partial charge >= 0.3 is 0 Å². The van der Waals surface area contributed by atoms with E-state index in [1.807, 2.05) is 0 Å². The molecule has 3 nitrogen and oxygen atoms in total. The molecule has 0 heterocycles. The first kappa shape index (κ1) is 9.04. The van der Waals surface area contributed by atoms with Gasteiger partial charge < -0.3 is 0 Å². The van der Waals surface area contributed by atoms with Crippen LogP contribution in [0.3, 0.4) is 0 Å². The van der Waals surface area contributed by atoms with Gasteiger partial charge in [0.15, 0.2) is 5.82 Å². The number of hydrogen-bond donors (Lipinski definition) is 0. The average Bonchev–Trinajstić information content (AvgIpc) is 2.11. The molecule has 0 atom stereocenters. The van der Waals surface area contributed by atoms with E-state index in [0.29, 0.717) is 12.1 Å². The molecule has 0 saturated carbocycles. The van der Waals surface area contributed by atoms with Crippen molar-refractivity contribution in [3.8, 4) is 6.07 Å². The normalized spacial score (nSPS) is 8.69. The Balaban J connectivity index is 3.38. The highest BCUT2D eigenvalue weighted by atomic mass is 19.1. The molecule has 13 heavy (non-hydrogen) atoms. The second kappa shape index (κ2) is 3.57. The van der Waals surface area contributed by atoms with E-state index in [0.717, 1.165) is 6.08 Å². The van der Waals surface area contributed by atoms with Gasteiger partial charge in [-0.2, -0.15) is 10.3 Å². The van der Waals surface area contributed by atoms with Crippen LogP contribution in [0.25, 0.3) is 0 Å². The predicted molar refractivity (Wildman–Crippen MR) is 38.9 cm³/mol. The van der Waals surface area contributed by atoms with Crippen molar-refractivity contribution in [2.24, 2.45) is 4.99 Å². The van der Waals surface area contributed by atoms with Gasteiger partial charge in [0.1, 0.15) is 17.6 Å². The number of rotatable bonds is 1. The van der Waals surface area contributed by atoms with Crippen LogP contribution in [0.4, 0.5) is 14.5 Å². The summed E-state index contributed by atoms with van der Waals surface area (Å²) in [5.41, 5.74) is -0.895. The molecule has 1 rings (SSSR count). The topological polar surface area (TPSA) is 53.2 Å². The molecular formula is C8H2F2N2O. The van der Waals surface area contributed by atoms with Crippen LogP contribution >= 0.6 is 0 Å². The highest BCUT2D eigenvalue weighted by Crippen LogP contribution is 2.20. The molecule has 0 aliphatic heterocycles. The highest BCUT2D eigenvalue weighted by molar-refractivity contribution is 5.52. The summed E-state index contributed by atoms with van der Waals surface area (Å²) in [6.45, 7) is 0. The van der Waals surface area contributed by atoms with Crippen LogP contribution in [0.5, 0.6) is 0 Å². The third-order valence-electron chi connectivity index (χ3n) is 1.32. The summed E-state index contributed by atoms with van der Waals surface area (Å²) in [5.74, 6) is -1.85. The zero-order valence-corrected chi connectivity index (χ0v) is 6.21. The quantitative estimate of drug-likeness (QED) is 0.488. The second-order valence-corrected chi connectivity index (χ2v) is 2.10. The summed E-state index contributed by atoms with van der Waals surface area (Å²) in [6.07, 6.45) is 1.07. The van der Waals surface area contributed by atoms with Gasteiger partial charge in [0, 0.05) is 6.07 Å². The Bertz CT molecular complexity index is 431. The van der Waals surface area contributed by atoms with Gasteiger partial charge in [-0.15, -0.1) is 0 Å². The minimum atomic E-state index is -0.929. The van der Waals surface area contributed by atoms with Crippen LogP contribution in [0.15, 0.2) is 17.1 Å². The first-order valence-corrected chi connectivity index (χ1v) is 3.16. The molecule has 1 aromatic rings. The monoisotopic (exact) mass is 180 g/mol. The Morgan fingerprint density at radius 2 is 2.00 bits per heavy atom. The summed E-state index contributed by atoms with van der Waals surface area (Å²) >= 11 is 0. The SMILES string of the molecule is N#Cc1cc(F)c(N=C=O)cc1F. The van der Waals surface area contributed by atoms with Crippen molar-refractivity contribution in [1.29, 1.82) is 5.26 Å². The molecule has 0 unspecified atom stereocenters. The van der Waals surface area contributed by atoms with Gasteiger partial charge in [-0.3, -0.25) is 0 Å². The molecule has 0 saturated heterocycles. The van der Waals surface area contributed by atoms with Crippen molar-refractivity contribution >= 4 is 11.8 Å². The Kier molecular flexibility index (Phi) is 2.48. The van der Waals surface area contributed by atoms with Crippen molar-refractivity contribution < 1.29 is 13.6 Å². The van der Waals surface area contributed by atoms with Crippen molar-refractivity contribution in [2.45, 2.75) is 0 Å². The number of benzene rings is 1. The standard InChI is InChI=1S/C8H2F2N2O/c9-6-2-8(12-4-13)7(10)1-5(6)3-11/h1-2H. The van der Waals surface area contributed by atoms with Crippen molar-refractivity contribution in [2.75, 3.05) is 0 Å². The molecule has 0 spiro atoms. The van der Waals surface area contributed by atoms with E-state index in [9.17, 15) is 13.6 Å². The lowest BCUT2D eigenvalue weighted by atomic mass is 10.2. The molecule has 0 fully saturated rings. The lowest BCUT2D eigenvalue weighted by Gasteiger charge is -1.96. The smallest absolute Gasteiger partial charge is 0.211 e. The summed E-state index contributed by atoms with van der Waals surface area (Å²) in [4.78, 5) is 12.7. The molecule has 0 aliphatic rings. The van der Waals surface area contributed by atoms with Crippen LogP contribution in [-0.2, 0) is 4.79 Å². The molecule has 0 bridgehead atoms. The van der Waals surface area contributed by atoms with Crippen LogP contribution < -0.4 is 0 Å². The maximum absolute atomic E-state index is 12.8. The number of nitrogens with zero attached hydrogens (tertiary/aromatic N) is 2. The number of aliphatic imine (C=N–C) groups is 1. The van der Waals surface area contributed by atoms with E-state index in [1.165, 1.54) is 6.07 Å². The van der Waals surface area contributed by atoms with Crippen LogP contribution in [0, 0.1) is 23.0 Å². The molecule has 0 N–H and O–H groups in total. The second-order valence-electron chi connectivity index (χ2n) is 2.10. The highest BCUT2D eigenvalue weighted by Gasteiger charge is 2.08. The van der Waals surface area contributed by atoms with Gasteiger partial charge in [0.05, 0.1) is 5.56 Å². The Hall–Kier alpha value is -2.05. The minimum Gasteiger partial charge on any atom is -0.211 e. The number of nitriles is 1. The fraction of sp³-hybridized carbons (Fsp3) is 0. The molecular weight excluding hydrogens is 178 g/mol. The van der Waals surface area contributed by atoms with Crippen molar-refractivity contribution in [1.82, 2.24) is 0 Å². The number of isocyanates is 1. The van der Waals surface area contributed by atoms with Crippen molar-refractivity contribution in [3.05, 3.63) is 29.3 Å². The Morgan fingerprint density at radius 1 is 1.31 bits per heavy atom. The maximum Gasteiger partial charge on any atom is 0.240 e. The fourth-order valence-corrected chi connectivity index (χ4v) is 0.757. The summed E-state index contributed by atoms with van der Waals surface area (Å²) in [7, 11) is 0. The number of carbonyl (C=O) groups excluding carboxylic acids is 1. The molecule has 0 aromatic heterocycles. The van der Waals surface area contributed by atoms with E-state index < -0.39 is 22.9 Å². The molecule has 0 amide bonds. The summed E-state index contributed by atoms with van der Waals surface area (Å²) in [6, 6.07) is 2.79.